The number of rotatable bonds is 3. The SMILES string of the molecule is CCOC(=O)c1cc2cc(N=O)ccc2s1. The molecule has 0 N–H and O–H groups in total. The summed E-state index contributed by atoms with van der Waals surface area (Å²) in [5, 5.41) is 3.69. The van der Waals surface area contributed by atoms with Crippen molar-refractivity contribution in [1.29, 1.82) is 0 Å². The van der Waals surface area contributed by atoms with E-state index in [1.54, 1.807) is 31.2 Å². The molecule has 2 rings (SSSR count). The number of nitroso groups, excluding NO2 is 1. The highest BCUT2D eigenvalue weighted by Crippen LogP contribution is 2.29. The fourth-order valence-electron chi connectivity index (χ4n) is 1.39. The maximum absolute atomic E-state index is 11.5. The zero-order valence-corrected chi connectivity index (χ0v) is 9.41. The van der Waals surface area contributed by atoms with Gasteiger partial charge >= 0.3 is 5.97 Å². The molecular formula is C11H9NO3S. The summed E-state index contributed by atoms with van der Waals surface area (Å²) in [7, 11) is 0. The molecule has 0 amide bonds. The summed E-state index contributed by atoms with van der Waals surface area (Å²) in [6.45, 7) is 2.12. The number of nitrogens with zero attached hydrogens (tertiary/aromatic N) is 1. The highest BCUT2D eigenvalue weighted by atomic mass is 32.1. The molecule has 0 saturated carbocycles. The van der Waals surface area contributed by atoms with Crippen LogP contribution in [-0.2, 0) is 4.74 Å². The number of ether oxygens (including phenoxy) is 1. The lowest BCUT2D eigenvalue weighted by Gasteiger charge is -1.95. The number of hydrogen-bond acceptors (Lipinski definition) is 5. The molecule has 0 atom stereocenters. The van der Waals surface area contributed by atoms with Crippen molar-refractivity contribution in [2.45, 2.75) is 6.92 Å². The maximum Gasteiger partial charge on any atom is 0.348 e. The minimum atomic E-state index is -0.329. The fourth-order valence-corrected chi connectivity index (χ4v) is 2.33. The molecule has 0 fully saturated rings. The normalized spacial score (nSPS) is 10.3. The smallest absolute Gasteiger partial charge is 0.348 e. The quantitative estimate of drug-likeness (QED) is 0.604. The van der Waals surface area contributed by atoms with Crippen molar-refractivity contribution in [2.24, 2.45) is 5.18 Å². The van der Waals surface area contributed by atoms with Crippen LogP contribution in [0.3, 0.4) is 0 Å². The van der Waals surface area contributed by atoms with Crippen LogP contribution in [0, 0.1) is 4.91 Å². The first-order valence-corrected chi connectivity index (χ1v) is 5.60. The Hall–Kier alpha value is -1.75. The standard InChI is InChI=1S/C11H9NO3S/c1-2-15-11(13)10-6-7-5-8(12-14)3-4-9(7)16-10/h3-6H,2H2,1H3. The van der Waals surface area contributed by atoms with Crippen LogP contribution in [0.25, 0.3) is 10.1 Å². The van der Waals surface area contributed by atoms with Crippen molar-refractivity contribution in [3.8, 4) is 0 Å². The molecule has 0 aliphatic heterocycles. The Morgan fingerprint density at radius 1 is 1.44 bits per heavy atom. The molecule has 1 heterocycles. The first kappa shape index (κ1) is 10.8. The minimum Gasteiger partial charge on any atom is -0.462 e. The van der Waals surface area contributed by atoms with Crippen molar-refractivity contribution < 1.29 is 9.53 Å². The molecule has 16 heavy (non-hydrogen) atoms. The number of fused-ring (bicyclic) bond motifs is 1. The molecule has 1 aromatic heterocycles. The van der Waals surface area contributed by atoms with Gasteiger partial charge in [0.05, 0.1) is 6.61 Å². The van der Waals surface area contributed by atoms with E-state index in [0.717, 1.165) is 10.1 Å². The molecule has 0 aliphatic rings. The van der Waals surface area contributed by atoms with E-state index in [2.05, 4.69) is 5.18 Å². The van der Waals surface area contributed by atoms with Gasteiger partial charge in [0.2, 0.25) is 0 Å². The van der Waals surface area contributed by atoms with Gasteiger partial charge in [0.1, 0.15) is 10.6 Å². The number of benzene rings is 1. The second kappa shape index (κ2) is 4.40. The summed E-state index contributed by atoms with van der Waals surface area (Å²) in [5.41, 5.74) is 0.362. The van der Waals surface area contributed by atoms with Crippen LogP contribution in [0.4, 0.5) is 5.69 Å². The molecule has 0 saturated heterocycles. The summed E-state index contributed by atoms with van der Waals surface area (Å²) < 4.78 is 5.84. The molecule has 0 bridgehead atoms. The minimum absolute atomic E-state index is 0.329. The Morgan fingerprint density at radius 2 is 2.25 bits per heavy atom. The summed E-state index contributed by atoms with van der Waals surface area (Å²) in [6.07, 6.45) is 0. The van der Waals surface area contributed by atoms with Crippen molar-refractivity contribution in [2.75, 3.05) is 6.61 Å². The Labute approximate surface area is 95.8 Å². The van der Waals surface area contributed by atoms with E-state index < -0.39 is 0 Å². The van der Waals surface area contributed by atoms with E-state index >= 15 is 0 Å². The summed E-state index contributed by atoms with van der Waals surface area (Å²) in [4.78, 5) is 22.4. The van der Waals surface area contributed by atoms with Crippen molar-refractivity contribution in [1.82, 2.24) is 0 Å². The summed E-state index contributed by atoms with van der Waals surface area (Å²) in [5.74, 6) is -0.329. The molecule has 0 spiro atoms. The van der Waals surface area contributed by atoms with Gasteiger partial charge in [-0.15, -0.1) is 16.2 Å². The van der Waals surface area contributed by atoms with E-state index in [-0.39, 0.29) is 5.97 Å². The van der Waals surface area contributed by atoms with Crippen LogP contribution in [0.5, 0.6) is 0 Å². The van der Waals surface area contributed by atoms with Crippen molar-refractivity contribution in [3.05, 3.63) is 34.0 Å². The zero-order chi connectivity index (χ0) is 11.5. The molecule has 0 unspecified atom stereocenters. The molecule has 4 nitrogen and oxygen atoms in total. The largest absolute Gasteiger partial charge is 0.462 e. The van der Waals surface area contributed by atoms with E-state index in [1.165, 1.54) is 11.3 Å². The molecule has 0 radical (unpaired) electrons. The lowest BCUT2D eigenvalue weighted by Crippen LogP contribution is -2.01. The van der Waals surface area contributed by atoms with Crippen LogP contribution in [-0.4, -0.2) is 12.6 Å². The van der Waals surface area contributed by atoms with Crippen molar-refractivity contribution >= 4 is 33.1 Å². The van der Waals surface area contributed by atoms with Crippen LogP contribution in [0.2, 0.25) is 0 Å². The molecular weight excluding hydrogens is 226 g/mol. The van der Waals surface area contributed by atoms with Crippen LogP contribution < -0.4 is 0 Å². The molecule has 2 aromatic rings. The Morgan fingerprint density at radius 3 is 2.94 bits per heavy atom. The van der Waals surface area contributed by atoms with Gasteiger partial charge in [0.15, 0.2) is 0 Å². The van der Waals surface area contributed by atoms with Gasteiger partial charge in [0.25, 0.3) is 0 Å². The van der Waals surface area contributed by atoms with Gasteiger partial charge in [-0.3, -0.25) is 0 Å². The highest BCUT2D eigenvalue weighted by molar-refractivity contribution is 7.20. The lowest BCUT2D eigenvalue weighted by molar-refractivity contribution is 0.0532. The van der Waals surface area contributed by atoms with E-state index in [0.29, 0.717) is 17.2 Å². The highest BCUT2D eigenvalue weighted by Gasteiger charge is 2.11. The third-order valence-electron chi connectivity index (χ3n) is 2.08. The van der Waals surface area contributed by atoms with Gasteiger partial charge in [-0.1, -0.05) is 0 Å². The number of carbonyl (C=O) groups is 1. The summed E-state index contributed by atoms with van der Waals surface area (Å²) in [6, 6.07) is 6.77. The van der Waals surface area contributed by atoms with E-state index in [4.69, 9.17) is 4.74 Å². The van der Waals surface area contributed by atoms with E-state index in [1.807, 2.05) is 0 Å². The third kappa shape index (κ3) is 1.94. The van der Waals surface area contributed by atoms with Gasteiger partial charge in [-0.25, -0.2) is 4.79 Å². The number of thiophene rings is 1. The first-order valence-electron chi connectivity index (χ1n) is 4.78. The predicted octanol–water partition coefficient (Wildman–Crippen LogP) is 3.48. The van der Waals surface area contributed by atoms with Gasteiger partial charge < -0.3 is 4.74 Å². The third-order valence-corrected chi connectivity index (χ3v) is 3.18. The average Bonchev–Trinajstić information content (AvgIpc) is 2.71. The Balaban J connectivity index is 2.43. The Kier molecular flexibility index (Phi) is 2.96. The summed E-state index contributed by atoms with van der Waals surface area (Å²) >= 11 is 1.35. The zero-order valence-electron chi connectivity index (χ0n) is 8.60. The van der Waals surface area contributed by atoms with Crippen molar-refractivity contribution in [3.63, 3.8) is 0 Å². The topological polar surface area (TPSA) is 55.7 Å². The number of carbonyl (C=O) groups excluding carboxylic acids is 1. The Bertz CT molecular complexity index is 547. The van der Waals surface area contributed by atoms with Crippen LogP contribution in [0.15, 0.2) is 29.4 Å². The van der Waals surface area contributed by atoms with E-state index in [9.17, 15) is 9.70 Å². The second-order valence-electron chi connectivity index (χ2n) is 3.14. The molecule has 1 aromatic carbocycles. The lowest BCUT2D eigenvalue weighted by atomic mass is 10.2. The van der Waals surface area contributed by atoms with Gasteiger partial charge in [-0.2, -0.15) is 0 Å². The molecule has 0 aliphatic carbocycles. The number of hydrogen-bond donors (Lipinski definition) is 0. The van der Waals surface area contributed by atoms with Gasteiger partial charge in [0, 0.05) is 4.70 Å². The average molecular weight is 235 g/mol. The molecule has 82 valence electrons. The van der Waals surface area contributed by atoms with Gasteiger partial charge in [-0.05, 0) is 41.8 Å². The predicted molar refractivity (Wildman–Crippen MR) is 63.2 cm³/mol. The maximum atomic E-state index is 11.5. The molecule has 5 heteroatoms. The monoisotopic (exact) mass is 235 g/mol. The fraction of sp³-hybridized carbons (Fsp3) is 0.182. The second-order valence-corrected chi connectivity index (χ2v) is 4.23. The number of esters is 1. The van der Waals surface area contributed by atoms with Crippen LogP contribution in [0.1, 0.15) is 16.6 Å². The first-order chi connectivity index (χ1) is 7.74. The van der Waals surface area contributed by atoms with Crippen LogP contribution >= 0.6 is 11.3 Å².